The highest BCUT2D eigenvalue weighted by Crippen LogP contribution is 2.37. The summed E-state index contributed by atoms with van der Waals surface area (Å²) in [5.74, 6) is -0.328. The van der Waals surface area contributed by atoms with Crippen molar-refractivity contribution in [3.8, 4) is 0 Å². The van der Waals surface area contributed by atoms with Crippen LogP contribution in [-0.4, -0.2) is 21.0 Å². The smallest absolute Gasteiger partial charge is 0.365 e. The third-order valence-electron chi connectivity index (χ3n) is 4.16. The van der Waals surface area contributed by atoms with Crippen molar-refractivity contribution in [2.24, 2.45) is 11.3 Å². The van der Waals surface area contributed by atoms with Gasteiger partial charge in [-0.3, -0.25) is 0 Å². The van der Waals surface area contributed by atoms with Crippen LogP contribution in [0.25, 0.3) is 10.3 Å². The van der Waals surface area contributed by atoms with E-state index in [1.807, 2.05) is 6.07 Å². The fourth-order valence-corrected chi connectivity index (χ4v) is 3.62. The number of fused-ring (bicyclic) bond motifs is 2. The van der Waals surface area contributed by atoms with Crippen LogP contribution < -0.4 is 0 Å². The standard InChI is InChI=1S/C15H18N2O2S.ClH/c1-15(2,3)9-4-5-10-8(6-9)7-11-12(16-10)20-13(17-11)14(18)19;/h7,9H,4-6H2,1-3H3,(H,18,19);1H. The highest BCUT2D eigenvalue weighted by Gasteiger charge is 2.29. The molecule has 0 fully saturated rings. The first-order chi connectivity index (χ1) is 9.34. The Morgan fingerprint density at radius 2 is 2.10 bits per heavy atom. The molecule has 1 unspecified atom stereocenters. The Kier molecular flexibility index (Phi) is 4.26. The molecule has 6 heteroatoms. The third-order valence-corrected chi connectivity index (χ3v) is 5.11. The number of hydrogen-bond donors (Lipinski definition) is 1. The second kappa shape index (κ2) is 5.54. The van der Waals surface area contributed by atoms with Crippen molar-refractivity contribution in [3.05, 3.63) is 22.3 Å². The molecule has 3 rings (SSSR count). The Morgan fingerprint density at radius 3 is 2.71 bits per heavy atom. The Bertz CT molecular complexity index is 691. The van der Waals surface area contributed by atoms with Crippen molar-refractivity contribution < 1.29 is 9.90 Å². The summed E-state index contributed by atoms with van der Waals surface area (Å²) in [7, 11) is 0. The molecule has 0 saturated carbocycles. The van der Waals surface area contributed by atoms with Gasteiger partial charge in [0.2, 0.25) is 5.01 Å². The largest absolute Gasteiger partial charge is 0.476 e. The topological polar surface area (TPSA) is 63.1 Å². The van der Waals surface area contributed by atoms with Gasteiger partial charge in [-0.05, 0) is 42.2 Å². The zero-order valence-electron chi connectivity index (χ0n) is 12.3. The van der Waals surface area contributed by atoms with E-state index in [0.717, 1.165) is 46.6 Å². The summed E-state index contributed by atoms with van der Waals surface area (Å²) < 4.78 is 0. The average Bonchev–Trinajstić information content (AvgIpc) is 2.77. The van der Waals surface area contributed by atoms with E-state index >= 15 is 0 Å². The summed E-state index contributed by atoms with van der Waals surface area (Å²) in [5.41, 5.74) is 3.38. The SMILES string of the molecule is CC(C)(C)C1CCc2nc3sc(C(=O)O)nc3cc2C1.Cl. The van der Waals surface area contributed by atoms with Gasteiger partial charge >= 0.3 is 5.97 Å². The molecule has 21 heavy (non-hydrogen) atoms. The quantitative estimate of drug-likeness (QED) is 0.861. The number of pyridine rings is 1. The van der Waals surface area contributed by atoms with Crippen molar-refractivity contribution in [1.29, 1.82) is 0 Å². The van der Waals surface area contributed by atoms with Crippen molar-refractivity contribution in [1.82, 2.24) is 9.97 Å². The van der Waals surface area contributed by atoms with Gasteiger partial charge in [0.25, 0.3) is 0 Å². The minimum Gasteiger partial charge on any atom is -0.476 e. The molecule has 0 radical (unpaired) electrons. The number of carboxylic acid groups (broad SMARTS) is 1. The Morgan fingerprint density at radius 1 is 1.38 bits per heavy atom. The van der Waals surface area contributed by atoms with Crippen LogP contribution in [-0.2, 0) is 12.8 Å². The second-order valence-electron chi connectivity index (χ2n) is 6.55. The predicted octanol–water partition coefficient (Wildman–Crippen LogP) is 3.96. The van der Waals surface area contributed by atoms with Crippen molar-refractivity contribution in [2.45, 2.75) is 40.0 Å². The van der Waals surface area contributed by atoms with Gasteiger partial charge in [-0.1, -0.05) is 32.1 Å². The molecular formula is C15H19ClN2O2S. The lowest BCUT2D eigenvalue weighted by atomic mass is 9.71. The molecule has 0 aromatic carbocycles. The number of aromatic nitrogens is 2. The predicted molar refractivity (Wildman–Crippen MR) is 86.6 cm³/mol. The fraction of sp³-hybridized carbons (Fsp3) is 0.533. The van der Waals surface area contributed by atoms with Crippen LogP contribution in [0.15, 0.2) is 6.07 Å². The lowest BCUT2D eigenvalue weighted by Gasteiger charge is -2.34. The first kappa shape index (κ1) is 16.2. The van der Waals surface area contributed by atoms with Gasteiger partial charge < -0.3 is 5.11 Å². The van der Waals surface area contributed by atoms with Gasteiger partial charge in [-0.15, -0.1) is 12.4 Å². The molecule has 2 heterocycles. The number of carbonyl (C=O) groups is 1. The molecular weight excluding hydrogens is 308 g/mol. The minimum atomic E-state index is -0.974. The molecule has 2 aromatic heterocycles. The molecule has 1 aliphatic carbocycles. The molecule has 2 aromatic rings. The zero-order valence-corrected chi connectivity index (χ0v) is 14.0. The van der Waals surface area contributed by atoms with Crippen LogP contribution in [0.5, 0.6) is 0 Å². The molecule has 1 N–H and O–H groups in total. The van der Waals surface area contributed by atoms with Gasteiger partial charge in [0.05, 0.1) is 0 Å². The van der Waals surface area contributed by atoms with Crippen LogP contribution in [0, 0.1) is 11.3 Å². The normalized spacial score (nSPS) is 18.1. The molecule has 1 aliphatic rings. The number of hydrogen-bond acceptors (Lipinski definition) is 4. The van der Waals surface area contributed by atoms with E-state index in [1.54, 1.807) is 0 Å². The molecule has 114 valence electrons. The fourth-order valence-electron chi connectivity index (χ4n) is 2.84. The molecule has 0 spiro atoms. The summed E-state index contributed by atoms with van der Waals surface area (Å²) in [6, 6.07) is 2.04. The Hall–Kier alpha value is -1.20. The summed E-state index contributed by atoms with van der Waals surface area (Å²) in [6.45, 7) is 6.83. The van der Waals surface area contributed by atoms with Crippen molar-refractivity contribution in [3.63, 3.8) is 0 Å². The lowest BCUT2D eigenvalue weighted by molar-refractivity contribution is 0.0696. The number of aromatic carboxylic acids is 1. The second-order valence-corrected chi connectivity index (χ2v) is 7.53. The van der Waals surface area contributed by atoms with E-state index in [1.165, 1.54) is 5.56 Å². The maximum absolute atomic E-state index is 11.0. The van der Waals surface area contributed by atoms with Crippen LogP contribution in [0.1, 0.15) is 48.3 Å². The number of halogens is 1. The molecule has 1 atom stereocenters. The minimum absolute atomic E-state index is 0. The number of rotatable bonds is 1. The molecule has 0 aliphatic heterocycles. The summed E-state index contributed by atoms with van der Waals surface area (Å²) >= 11 is 1.16. The van der Waals surface area contributed by atoms with E-state index < -0.39 is 5.97 Å². The molecule has 4 nitrogen and oxygen atoms in total. The summed E-state index contributed by atoms with van der Waals surface area (Å²) in [6.07, 6.45) is 3.15. The summed E-state index contributed by atoms with van der Waals surface area (Å²) in [5, 5.41) is 9.15. The highest BCUT2D eigenvalue weighted by atomic mass is 35.5. The Labute approximate surface area is 134 Å². The Balaban J connectivity index is 0.00000161. The van der Waals surface area contributed by atoms with Crippen LogP contribution >= 0.6 is 23.7 Å². The van der Waals surface area contributed by atoms with Gasteiger partial charge in [0.15, 0.2) is 0 Å². The van der Waals surface area contributed by atoms with Gasteiger partial charge in [0.1, 0.15) is 10.3 Å². The van der Waals surface area contributed by atoms with E-state index in [-0.39, 0.29) is 17.4 Å². The van der Waals surface area contributed by atoms with Gasteiger partial charge in [0, 0.05) is 5.69 Å². The van der Waals surface area contributed by atoms with Crippen LogP contribution in [0.4, 0.5) is 0 Å². The zero-order chi connectivity index (χ0) is 14.5. The number of thiazole rings is 1. The number of aryl methyl sites for hydroxylation is 1. The first-order valence-electron chi connectivity index (χ1n) is 6.87. The van der Waals surface area contributed by atoms with Crippen molar-refractivity contribution >= 4 is 40.1 Å². The van der Waals surface area contributed by atoms with E-state index in [4.69, 9.17) is 5.11 Å². The van der Waals surface area contributed by atoms with Gasteiger partial charge in [-0.2, -0.15) is 0 Å². The molecule has 0 bridgehead atoms. The number of nitrogens with zero attached hydrogens (tertiary/aromatic N) is 2. The molecule has 0 amide bonds. The average molecular weight is 327 g/mol. The number of carboxylic acids is 1. The first-order valence-corrected chi connectivity index (χ1v) is 7.69. The van der Waals surface area contributed by atoms with E-state index in [2.05, 4.69) is 30.7 Å². The highest BCUT2D eigenvalue weighted by molar-refractivity contribution is 7.19. The third kappa shape index (κ3) is 3.04. The van der Waals surface area contributed by atoms with Crippen molar-refractivity contribution in [2.75, 3.05) is 0 Å². The lowest BCUT2D eigenvalue weighted by Crippen LogP contribution is -2.27. The molecule has 0 saturated heterocycles. The van der Waals surface area contributed by atoms with Gasteiger partial charge in [-0.25, -0.2) is 14.8 Å². The van der Waals surface area contributed by atoms with E-state index in [0.29, 0.717) is 11.3 Å². The van der Waals surface area contributed by atoms with E-state index in [9.17, 15) is 4.79 Å². The summed E-state index contributed by atoms with van der Waals surface area (Å²) in [4.78, 5) is 20.5. The maximum Gasteiger partial charge on any atom is 0.365 e. The van der Waals surface area contributed by atoms with Crippen LogP contribution in [0.2, 0.25) is 0 Å². The monoisotopic (exact) mass is 326 g/mol. The maximum atomic E-state index is 11.0. The van der Waals surface area contributed by atoms with Crippen LogP contribution in [0.3, 0.4) is 0 Å².